The van der Waals surface area contributed by atoms with Crippen molar-refractivity contribution >= 4 is 12.0 Å². The molecule has 2 aliphatic heterocycles. The summed E-state index contributed by atoms with van der Waals surface area (Å²) < 4.78 is 5.00. The number of nitrogens with one attached hydrogen (secondary N) is 1. The van der Waals surface area contributed by atoms with Crippen molar-refractivity contribution in [2.75, 3.05) is 26.2 Å². The average Bonchev–Trinajstić information content (AvgIpc) is 3.33. The first-order valence-electron chi connectivity index (χ1n) is 8.55. The van der Waals surface area contributed by atoms with E-state index in [0.717, 1.165) is 24.1 Å². The Kier molecular flexibility index (Phi) is 4.13. The van der Waals surface area contributed by atoms with Crippen LogP contribution in [0.2, 0.25) is 0 Å². The number of rotatable bonds is 3. The second-order valence-corrected chi connectivity index (χ2v) is 6.38. The Balaban J connectivity index is 1.38. The van der Waals surface area contributed by atoms with E-state index < -0.39 is 0 Å². The Hall–Kier alpha value is -2.83. The fraction of sp³-hybridized carbons (Fsp3) is 0.389. The van der Waals surface area contributed by atoms with Crippen LogP contribution in [0.1, 0.15) is 23.2 Å². The molecule has 4 rings (SSSR count). The standard InChI is InChI=1S/C18H20N4O3/c23-17(14-3-1-13(2-4-14)16-5-8-19-20-16)21-9-6-15(7-10-21)22-11-12-25-18(22)24/h1-5,8,15H,6-7,9-12H2,(H,19,20). The van der Waals surface area contributed by atoms with Gasteiger partial charge in [0.2, 0.25) is 0 Å². The van der Waals surface area contributed by atoms with Crippen LogP contribution in [0, 0.1) is 0 Å². The number of aromatic nitrogens is 2. The molecule has 2 aromatic rings. The predicted molar refractivity (Wildman–Crippen MR) is 91.0 cm³/mol. The van der Waals surface area contributed by atoms with Gasteiger partial charge < -0.3 is 14.5 Å². The van der Waals surface area contributed by atoms with Gasteiger partial charge in [0.25, 0.3) is 5.91 Å². The molecule has 0 aliphatic carbocycles. The van der Waals surface area contributed by atoms with Crippen LogP contribution in [0.15, 0.2) is 36.5 Å². The van der Waals surface area contributed by atoms with Gasteiger partial charge in [-0.2, -0.15) is 5.10 Å². The number of carbonyl (C=O) groups is 2. The smallest absolute Gasteiger partial charge is 0.410 e. The molecule has 3 heterocycles. The second-order valence-electron chi connectivity index (χ2n) is 6.38. The highest BCUT2D eigenvalue weighted by molar-refractivity contribution is 5.94. The molecule has 1 N–H and O–H groups in total. The number of carbonyl (C=O) groups excluding carboxylic acids is 2. The largest absolute Gasteiger partial charge is 0.448 e. The highest BCUT2D eigenvalue weighted by Gasteiger charge is 2.33. The van der Waals surface area contributed by atoms with Crippen molar-refractivity contribution in [3.8, 4) is 11.3 Å². The summed E-state index contributed by atoms with van der Waals surface area (Å²) in [6.45, 7) is 2.46. The van der Waals surface area contributed by atoms with Gasteiger partial charge in [0.15, 0.2) is 0 Å². The minimum absolute atomic E-state index is 0.0404. The summed E-state index contributed by atoms with van der Waals surface area (Å²) in [6.07, 6.45) is 3.08. The number of piperidine rings is 1. The summed E-state index contributed by atoms with van der Waals surface area (Å²) in [6, 6.07) is 9.62. The van der Waals surface area contributed by atoms with Crippen molar-refractivity contribution in [1.82, 2.24) is 20.0 Å². The number of nitrogens with zero attached hydrogens (tertiary/aromatic N) is 3. The first kappa shape index (κ1) is 15.7. The Morgan fingerprint density at radius 2 is 1.88 bits per heavy atom. The molecule has 2 saturated heterocycles. The van der Waals surface area contributed by atoms with E-state index in [-0.39, 0.29) is 18.0 Å². The lowest BCUT2D eigenvalue weighted by atomic mass is 10.0. The summed E-state index contributed by atoms with van der Waals surface area (Å²) in [7, 11) is 0. The van der Waals surface area contributed by atoms with E-state index in [4.69, 9.17) is 4.74 Å². The van der Waals surface area contributed by atoms with E-state index in [1.807, 2.05) is 35.2 Å². The summed E-state index contributed by atoms with van der Waals surface area (Å²) in [5.74, 6) is 0.0404. The fourth-order valence-electron chi connectivity index (χ4n) is 3.51. The molecule has 0 atom stereocenters. The number of aromatic amines is 1. The van der Waals surface area contributed by atoms with Crippen molar-refractivity contribution in [2.45, 2.75) is 18.9 Å². The highest BCUT2D eigenvalue weighted by atomic mass is 16.6. The molecule has 0 radical (unpaired) electrons. The summed E-state index contributed by atoms with van der Waals surface area (Å²) in [5.41, 5.74) is 2.61. The van der Waals surface area contributed by atoms with E-state index >= 15 is 0 Å². The number of hydrogen-bond acceptors (Lipinski definition) is 4. The fourth-order valence-corrected chi connectivity index (χ4v) is 3.51. The Morgan fingerprint density at radius 1 is 1.12 bits per heavy atom. The SMILES string of the molecule is O=C(c1ccc(-c2ccn[nH]2)cc1)N1CCC(N2CCOC2=O)CC1. The van der Waals surface area contributed by atoms with Gasteiger partial charge in [-0.15, -0.1) is 0 Å². The Morgan fingerprint density at radius 3 is 2.48 bits per heavy atom. The molecule has 1 aromatic carbocycles. The van der Waals surface area contributed by atoms with Crippen LogP contribution in [0.5, 0.6) is 0 Å². The van der Waals surface area contributed by atoms with Crippen LogP contribution in [0.25, 0.3) is 11.3 Å². The third-order valence-corrected chi connectivity index (χ3v) is 4.93. The van der Waals surface area contributed by atoms with Crippen LogP contribution in [0.4, 0.5) is 4.79 Å². The first-order valence-corrected chi connectivity index (χ1v) is 8.55. The van der Waals surface area contributed by atoms with Crippen LogP contribution in [0.3, 0.4) is 0 Å². The van der Waals surface area contributed by atoms with Gasteiger partial charge >= 0.3 is 6.09 Å². The van der Waals surface area contributed by atoms with Crippen molar-refractivity contribution in [3.63, 3.8) is 0 Å². The van der Waals surface area contributed by atoms with Gasteiger partial charge in [-0.3, -0.25) is 9.89 Å². The van der Waals surface area contributed by atoms with Crippen LogP contribution in [-0.4, -0.2) is 64.3 Å². The summed E-state index contributed by atoms with van der Waals surface area (Å²) in [5, 5.41) is 6.85. The van der Waals surface area contributed by atoms with Gasteiger partial charge in [0, 0.05) is 30.9 Å². The summed E-state index contributed by atoms with van der Waals surface area (Å²) in [4.78, 5) is 28.0. The maximum absolute atomic E-state index is 12.7. The number of ether oxygens (including phenoxy) is 1. The lowest BCUT2D eigenvalue weighted by molar-refractivity contribution is 0.0658. The molecule has 7 heteroatoms. The number of cyclic esters (lactones) is 1. The summed E-state index contributed by atoms with van der Waals surface area (Å²) >= 11 is 0. The third-order valence-electron chi connectivity index (χ3n) is 4.93. The van der Waals surface area contributed by atoms with Gasteiger partial charge in [0.05, 0.1) is 12.2 Å². The van der Waals surface area contributed by atoms with Crippen molar-refractivity contribution in [1.29, 1.82) is 0 Å². The van der Waals surface area contributed by atoms with Gasteiger partial charge in [-0.25, -0.2) is 4.79 Å². The zero-order valence-electron chi connectivity index (χ0n) is 13.9. The zero-order valence-corrected chi connectivity index (χ0v) is 13.9. The molecule has 2 fully saturated rings. The maximum Gasteiger partial charge on any atom is 0.410 e. The molecule has 0 saturated carbocycles. The number of benzene rings is 1. The molecule has 1 aromatic heterocycles. The minimum atomic E-state index is -0.223. The maximum atomic E-state index is 12.7. The monoisotopic (exact) mass is 340 g/mol. The van der Waals surface area contributed by atoms with Gasteiger partial charge in [-0.05, 0) is 36.6 Å². The lowest BCUT2D eigenvalue weighted by Crippen LogP contribution is -2.47. The topological polar surface area (TPSA) is 78.5 Å². The second kappa shape index (κ2) is 6.58. The Labute approximate surface area is 145 Å². The van der Waals surface area contributed by atoms with Crippen LogP contribution < -0.4 is 0 Å². The molecular weight excluding hydrogens is 320 g/mol. The molecule has 0 spiro atoms. The average molecular weight is 340 g/mol. The van der Waals surface area contributed by atoms with Crippen LogP contribution >= 0.6 is 0 Å². The van der Waals surface area contributed by atoms with Gasteiger partial charge in [-0.1, -0.05) is 12.1 Å². The molecule has 0 bridgehead atoms. The molecular formula is C18H20N4O3. The first-order chi connectivity index (χ1) is 12.2. The van der Waals surface area contributed by atoms with E-state index in [2.05, 4.69) is 10.2 Å². The van der Waals surface area contributed by atoms with Crippen molar-refractivity contribution in [3.05, 3.63) is 42.1 Å². The number of likely N-dealkylation sites (tertiary alicyclic amines) is 1. The predicted octanol–water partition coefficient (Wildman–Crippen LogP) is 2.13. The van der Waals surface area contributed by atoms with Gasteiger partial charge in [0.1, 0.15) is 6.61 Å². The number of H-pyrrole nitrogens is 1. The van der Waals surface area contributed by atoms with Crippen molar-refractivity contribution in [2.24, 2.45) is 0 Å². The number of amides is 2. The number of hydrogen-bond donors (Lipinski definition) is 1. The molecule has 0 unspecified atom stereocenters. The van der Waals surface area contributed by atoms with Crippen LogP contribution in [-0.2, 0) is 4.74 Å². The molecule has 7 nitrogen and oxygen atoms in total. The van der Waals surface area contributed by atoms with E-state index in [0.29, 0.717) is 31.8 Å². The highest BCUT2D eigenvalue weighted by Crippen LogP contribution is 2.22. The lowest BCUT2D eigenvalue weighted by Gasteiger charge is -2.35. The molecule has 2 amide bonds. The Bertz CT molecular complexity index is 749. The van der Waals surface area contributed by atoms with Crippen molar-refractivity contribution < 1.29 is 14.3 Å². The van der Waals surface area contributed by atoms with E-state index in [1.165, 1.54) is 0 Å². The van der Waals surface area contributed by atoms with E-state index in [1.54, 1.807) is 11.1 Å². The molecule has 25 heavy (non-hydrogen) atoms. The molecule has 2 aliphatic rings. The molecule has 130 valence electrons. The van der Waals surface area contributed by atoms with E-state index in [9.17, 15) is 9.59 Å². The zero-order chi connectivity index (χ0) is 17.2. The normalized spacial score (nSPS) is 18.5. The quantitative estimate of drug-likeness (QED) is 0.928. The minimum Gasteiger partial charge on any atom is -0.448 e. The third kappa shape index (κ3) is 3.09.